The predicted octanol–water partition coefficient (Wildman–Crippen LogP) is 1.97. The summed E-state index contributed by atoms with van der Waals surface area (Å²) >= 11 is 0. The van der Waals surface area contributed by atoms with Crippen LogP contribution < -0.4 is 5.32 Å². The molecule has 0 aromatic heterocycles. The van der Waals surface area contributed by atoms with Gasteiger partial charge in [-0.2, -0.15) is 0 Å². The summed E-state index contributed by atoms with van der Waals surface area (Å²) in [6, 6.07) is 9.31. The minimum Gasteiger partial charge on any atom is -0.379 e. The molecule has 0 aliphatic carbocycles. The van der Waals surface area contributed by atoms with Crippen molar-refractivity contribution in [2.75, 3.05) is 45.9 Å². The molecule has 2 heterocycles. The first kappa shape index (κ1) is 18.4. The van der Waals surface area contributed by atoms with Gasteiger partial charge in [0, 0.05) is 51.2 Å². The summed E-state index contributed by atoms with van der Waals surface area (Å²) in [5.41, 5.74) is 2.70. The summed E-state index contributed by atoms with van der Waals surface area (Å²) in [5.74, 6) is 0.268. The third-order valence-corrected chi connectivity index (χ3v) is 5.39. The molecule has 1 aromatic carbocycles. The van der Waals surface area contributed by atoms with Crippen molar-refractivity contribution in [2.45, 2.75) is 38.8 Å². The number of rotatable bonds is 6. The monoisotopic (exact) mass is 345 g/mol. The Morgan fingerprint density at radius 3 is 2.76 bits per heavy atom. The summed E-state index contributed by atoms with van der Waals surface area (Å²) in [7, 11) is 0. The van der Waals surface area contributed by atoms with Gasteiger partial charge in [0.2, 0.25) is 5.91 Å². The molecule has 1 N–H and O–H groups in total. The highest BCUT2D eigenvalue weighted by Gasteiger charge is 2.28. The third-order valence-electron chi connectivity index (χ3n) is 5.39. The van der Waals surface area contributed by atoms with Crippen LogP contribution in [0, 0.1) is 6.92 Å². The molecule has 138 valence electrons. The Morgan fingerprint density at radius 1 is 1.28 bits per heavy atom. The molecule has 2 fully saturated rings. The molecular formula is C20H31N3O2. The van der Waals surface area contributed by atoms with E-state index in [1.54, 1.807) is 0 Å². The fraction of sp³-hybridized carbons (Fsp3) is 0.650. The summed E-state index contributed by atoms with van der Waals surface area (Å²) in [6.07, 6.45) is 1.64. The average Bonchev–Trinajstić information content (AvgIpc) is 3.10. The number of carbonyl (C=O) groups excluding carboxylic acids is 1. The first-order valence-corrected chi connectivity index (χ1v) is 9.57. The highest BCUT2D eigenvalue weighted by molar-refractivity contribution is 5.76. The lowest BCUT2D eigenvalue weighted by molar-refractivity contribution is -0.129. The molecule has 2 saturated heterocycles. The van der Waals surface area contributed by atoms with E-state index in [2.05, 4.69) is 41.4 Å². The van der Waals surface area contributed by atoms with Crippen LogP contribution in [0.2, 0.25) is 0 Å². The van der Waals surface area contributed by atoms with Gasteiger partial charge in [0.1, 0.15) is 0 Å². The van der Waals surface area contributed by atoms with E-state index >= 15 is 0 Å². The number of ether oxygens (including phenoxy) is 1. The Kier molecular flexibility index (Phi) is 6.45. The van der Waals surface area contributed by atoms with E-state index in [1.807, 2.05) is 11.8 Å². The Labute approximate surface area is 151 Å². The number of carbonyl (C=O) groups is 1. The Morgan fingerprint density at radius 2 is 2.04 bits per heavy atom. The van der Waals surface area contributed by atoms with Gasteiger partial charge in [0.05, 0.1) is 13.2 Å². The topological polar surface area (TPSA) is 44.8 Å². The van der Waals surface area contributed by atoms with Crippen molar-refractivity contribution in [1.82, 2.24) is 15.1 Å². The summed E-state index contributed by atoms with van der Waals surface area (Å²) < 4.78 is 5.49. The van der Waals surface area contributed by atoms with E-state index in [9.17, 15) is 4.79 Å². The number of nitrogens with zero attached hydrogens (tertiary/aromatic N) is 2. The standard InChI is InChI=1S/C20H31N3O2/c1-3-20(24)23-9-8-17(14-23)21-19(15-22-10-12-25-13-11-22)18-7-5-4-6-16(18)2/h4-7,17,19,21H,3,8-15H2,1-2H3/t17-,19+/m0/s1. The van der Waals surface area contributed by atoms with Gasteiger partial charge in [0.15, 0.2) is 0 Å². The smallest absolute Gasteiger partial charge is 0.222 e. The van der Waals surface area contributed by atoms with Gasteiger partial charge in [-0.25, -0.2) is 0 Å². The number of benzene rings is 1. The second kappa shape index (κ2) is 8.79. The summed E-state index contributed by atoms with van der Waals surface area (Å²) in [5, 5.41) is 3.85. The molecule has 3 rings (SSSR count). The van der Waals surface area contributed by atoms with E-state index in [0.29, 0.717) is 18.5 Å². The molecule has 0 spiro atoms. The predicted molar refractivity (Wildman–Crippen MR) is 99.6 cm³/mol. The molecule has 2 atom stereocenters. The van der Waals surface area contributed by atoms with Crippen LogP contribution in [0.15, 0.2) is 24.3 Å². The number of nitrogens with one attached hydrogen (secondary N) is 1. The number of aryl methyl sites for hydroxylation is 1. The molecule has 5 nitrogen and oxygen atoms in total. The average molecular weight is 345 g/mol. The van der Waals surface area contributed by atoms with Crippen molar-refractivity contribution in [3.63, 3.8) is 0 Å². The van der Waals surface area contributed by atoms with E-state index in [1.165, 1.54) is 11.1 Å². The van der Waals surface area contributed by atoms with E-state index in [-0.39, 0.29) is 5.91 Å². The maximum absolute atomic E-state index is 12.0. The lowest BCUT2D eigenvalue weighted by atomic mass is 9.99. The number of likely N-dealkylation sites (tertiary alicyclic amines) is 1. The second-order valence-electron chi connectivity index (χ2n) is 7.17. The normalized spacial score (nSPS) is 23.0. The molecular weight excluding hydrogens is 314 g/mol. The molecule has 0 bridgehead atoms. The zero-order chi connectivity index (χ0) is 17.6. The van der Waals surface area contributed by atoms with E-state index < -0.39 is 0 Å². The van der Waals surface area contributed by atoms with Crippen molar-refractivity contribution >= 4 is 5.91 Å². The van der Waals surface area contributed by atoms with Crippen molar-refractivity contribution in [2.24, 2.45) is 0 Å². The molecule has 25 heavy (non-hydrogen) atoms. The van der Waals surface area contributed by atoms with Gasteiger partial charge < -0.3 is 15.0 Å². The number of amides is 1. The SMILES string of the molecule is CCC(=O)N1CC[C@H](N[C@H](CN2CCOCC2)c2ccccc2C)C1. The van der Waals surface area contributed by atoms with Gasteiger partial charge in [-0.05, 0) is 24.5 Å². The molecule has 0 saturated carbocycles. The highest BCUT2D eigenvalue weighted by Crippen LogP contribution is 2.22. The number of hydrogen-bond donors (Lipinski definition) is 1. The number of morpholine rings is 1. The van der Waals surface area contributed by atoms with Crippen LogP contribution in [-0.4, -0.2) is 67.7 Å². The summed E-state index contributed by atoms with van der Waals surface area (Å²) in [4.78, 5) is 16.4. The second-order valence-corrected chi connectivity index (χ2v) is 7.17. The molecule has 0 radical (unpaired) electrons. The fourth-order valence-corrected chi connectivity index (χ4v) is 3.89. The van der Waals surface area contributed by atoms with Crippen molar-refractivity contribution in [1.29, 1.82) is 0 Å². The van der Waals surface area contributed by atoms with Crippen LogP contribution in [0.25, 0.3) is 0 Å². The van der Waals surface area contributed by atoms with Gasteiger partial charge in [-0.1, -0.05) is 31.2 Å². The molecule has 1 aromatic rings. The zero-order valence-corrected chi connectivity index (χ0v) is 15.5. The van der Waals surface area contributed by atoms with Gasteiger partial charge >= 0.3 is 0 Å². The number of hydrogen-bond acceptors (Lipinski definition) is 4. The van der Waals surface area contributed by atoms with Gasteiger partial charge in [-0.15, -0.1) is 0 Å². The van der Waals surface area contributed by atoms with Crippen LogP contribution in [0.4, 0.5) is 0 Å². The highest BCUT2D eigenvalue weighted by atomic mass is 16.5. The lowest BCUT2D eigenvalue weighted by Gasteiger charge is -2.33. The lowest BCUT2D eigenvalue weighted by Crippen LogP contribution is -2.45. The van der Waals surface area contributed by atoms with E-state index in [0.717, 1.165) is 52.4 Å². The van der Waals surface area contributed by atoms with Gasteiger partial charge in [-0.3, -0.25) is 9.69 Å². The van der Waals surface area contributed by atoms with Crippen LogP contribution in [0.5, 0.6) is 0 Å². The molecule has 5 heteroatoms. The molecule has 2 aliphatic rings. The first-order valence-electron chi connectivity index (χ1n) is 9.57. The fourth-order valence-electron chi connectivity index (χ4n) is 3.89. The first-order chi connectivity index (χ1) is 12.2. The maximum atomic E-state index is 12.0. The summed E-state index contributed by atoms with van der Waals surface area (Å²) in [6.45, 7) is 10.5. The largest absolute Gasteiger partial charge is 0.379 e. The quantitative estimate of drug-likeness (QED) is 0.856. The van der Waals surface area contributed by atoms with Crippen LogP contribution >= 0.6 is 0 Å². The van der Waals surface area contributed by atoms with Crippen LogP contribution in [0.3, 0.4) is 0 Å². The van der Waals surface area contributed by atoms with Crippen molar-refractivity contribution in [3.8, 4) is 0 Å². The Balaban J connectivity index is 1.68. The van der Waals surface area contributed by atoms with Crippen LogP contribution in [-0.2, 0) is 9.53 Å². The molecule has 2 aliphatic heterocycles. The zero-order valence-electron chi connectivity index (χ0n) is 15.5. The third kappa shape index (κ3) is 4.81. The molecule has 1 amide bonds. The Hall–Kier alpha value is -1.43. The van der Waals surface area contributed by atoms with Crippen molar-refractivity contribution in [3.05, 3.63) is 35.4 Å². The minimum atomic E-state index is 0.268. The maximum Gasteiger partial charge on any atom is 0.222 e. The van der Waals surface area contributed by atoms with Crippen molar-refractivity contribution < 1.29 is 9.53 Å². The van der Waals surface area contributed by atoms with E-state index in [4.69, 9.17) is 4.74 Å². The molecule has 0 unspecified atom stereocenters. The van der Waals surface area contributed by atoms with Gasteiger partial charge in [0.25, 0.3) is 0 Å². The van der Waals surface area contributed by atoms with Crippen LogP contribution in [0.1, 0.15) is 36.9 Å². The minimum absolute atomic E-state index is 0.268. The Bertz CT molecular complexity index is 572.